The van der Waals surface area contributed by atoms with Gasteiger partial charge in [-0.05, 0) is 30.5 Å². The molecule has 0 unspecified atom stereocenters. The zero-order valence-electron chi connectivity index (χ0n) is 12.2. The van der Waals surface area contributed by atoms with Gasteiger partial charge in [0.15, 0.2) is 0 Å². The van der Waals surface area contributed by atoms with Crippen LogP contribution in [0.2, 0.25) is 0 Å². The van der Waals surface area contributed by atoms with E-state index in [4.69, 9.17) is 0 Å². The maximum atomic E-state index is 12.7. The van der Waals surface area contributed by atoms with Crippen molar-refractivity contribution in [3.8, 4) is 0 Å². The predicted molar refractivity (Wildman–Crippen MR) is 82.7 cm³/mol. The molecule has 0 atom stereocenters. The van der Waals surface area contributed by atoms with Gasteiger partial charge >= 0.3 is 0 Å². The van der Waals surface area contributed by atoms with Crippen LogP contribution in [0.5, 0.6) is 0 Å². The van der Waals surface area contributed by atoms with Crippen LogP contribution < -0.4 is 0 Å². The molecule has 0 aromatic heterocycles. The van der Waals surface area contributed by atoms with Crippen molar-refractivity contribution in [1.29, 1.82) is 0 Å². The number of benzene rings is 2. The highest BCUT2D eigenvalue weighted by molar-refractivity contribution is 5.95. The molecule has 2 aromatic rings. The summed E-state index contributed by atoms with van der Waals surface area (Å²) in [5, 5.41) is 0. The van der Waals surface area contributed by atoms with Crippen LogP contribution >= 0.6 is 0 Å². The summed E-state index contributed by atoms with van der Waals surface area (Å²) in [5.74, 6) is 0.119. The molecule has 0 saturated heterocycles. The molecule has 0 aliphatic rings. The number of nitrogens with zero attached hydrogens (tertiary/aromatic N) is 1. The maximum absolute atomic E-state index is 12.7. The number of rotatable bonds is 5. The zero-order chi connectivity index (χ0) is 14.4. The van der Waals surface area contributed by atoms with Gasteiger partial charge in [0.1, 0.15) is 0 Å². The van der Waals surface area contributed by atoms with Gasteiger partial charge in [0, 0.05) is 18.7 Å². The van der Waals surface area contributed by atoms with E-state index in [-0.39, 0.29) is 5.91 Å². The van der Waals surface area contributed by atoms with Crippen LogP contribution in [0.3, 0.4) is 0 Å². The van der Waals surface area contributed by atoms with Gasteiger partial charge in [0.25, 0.3) is 5.91 Å². The molecule has 0 aliphatic heterocycles. The molecule has 0 heterocycles. The number of amides is 1. The normalized spacial score (nSPS) is 10.3. The third kappa shape index (κ3) is 3.47. The smallest absolute Gasteiger partial charge is 0.254 e. The highest BCUT2D eigenvalue weighted by Gasteiger charge is 2.16. The van der Waals surface area contributed by atoms with E-state index < -0.39 is 0 Å². The van der Waals surface area contributed by atoms with Crippen LogP contribution in [0.1, 0.15) is 34.8 Å². The molecule has 0 fully saturated rings. The standard InChI is InChI=1S/C18H21NO/c1-3-13-19(14-16-10-5-4-6-11-16)18(20)17-12-8-7-9-15(17)2/h4-12H,3,13-14H2,1-2H3. The van der Waals surface area contributed by atoms with E-state index in [0.717, 1.165) is 24.1 Å². The molecular weight excluding hydrogens is 246 g/mol. The van der Waals surface area contributed by atoms with Crippen LogP contribution in [-0.4, -0.2) is 17.4 Å². The minimum atomic E-state index is 0.119. The van der Waals surface area contributed by atoms with Gasteiger partial charge in [-0.15, -0.1) is 0 Å². The second-order valence-electron chi connectivity index (χ2n) is 5.03. The lowest BCUT2D eigenvalue weighted by atomic mass is 10.1. The Hall–Kier alpha value is -2.09. The number of hydrogen-bond acceptors (Lipinski definition) is 1. The topological polar surface area (TPSA) is 20.3 Å². The van der Waals surface area contributed by atoms with Crippen molar-refractivity contribution in [2.45, 2.75) is 26.8 Å². The molecule has 2 aromatic carbocycles. The van der Waals surface area contributed by atoms with Gasteiger partial charge in [-0.1, -0.05) is 55.5 Å². The lowest BCUT2D eigenvalue weighted by Gasteiger charge is -2.23. The molecule has 0 N–H and O–H groups in total. The summed E-state index contributed by atoms with van der Waals surface area (Å²) in [5.41, 5.74) is 3.01. The van der Waals surface area contributed by atoms with Crippen molar-refractivity contribution in [2.75, 3.05) is 6.54 Å². The van der Waals surface area contributed by atoms with E-state index in [0.29, 0.717) is 6.54 Å². The van der Waals surface area contributed by atoms with Crippen LogP contribution in [0, 0.1) is 6.92 Å². The zero-order valence-corrected chi connectivity index (χ0v) is 12.2. The molecule has 0 radical (unpaired) electrons. The highest BCUT2D eigenvalue weighted by Crippen LogP contribution is 2.14. The Bertz CT molecular complexity index is 563. The first-order chi connectivity index (χ1) is 9.72. The average Bonchev–Trinajstić information content (AvgIpc) is 2.48. The molecule has 2 rings (SSSR count). The maximum Gasteiger partial charge on any atom is 0.254 e. The molecule has 0 saturated carbocycles. The van der Waals surface area contributed by atoms with E-state index in [9.17, 15) is 4.79 Å². The van der Waals surface area contributed by atoms with Crippen LogP contribution in [0.4, 0.5) is 0 Å². The van der Waals surface area contributed by atoms with Gasteiger partial charge < -0.3 is 4.90 Å². The van der Waals surface area contributed by atoms with Gasteiger partial charge in [-0.2, -0.15) is 0 Å². The van der Waals surface area contributed by atoms with Crippen molar-refractivity contribution in [3.63, 3.8) is 0 Å². The summed E-state index contributed by atoms with van der Waals surface area (Å²) >= 11 is 0. The van der Waals surface area contributed by atoms with Crippen molar-refractivity contribution in [1.82, 2.24) is 4.90 Å². The van der Waals surface area contributed by atoms with Crippen molar-refractivity contribution in [3.05, 3.63) is 71.3 Å². The second kappa shape index (κ2) is 6.90. The SMILES string of the molecule is CCCN(Cc1ccccc1)C(=O)c1ccccc1C. The molecule has 104 valence electrons. The van der Waals surface area contributed by atoms with Gasteiger partial charge in [-0.3, -0.25) is 4.79 Å². The molecule has 2 heteroatoms. The van der Waals surface area contributed by atoms with Crippen LogP contribution in [0.25, 0.3) is 0 Å². The molecule has 0 bridgehead atoms. The minimum Gasteiger partial charge on any atom is -0.334 e. The predicted octanol–water partition coefficient (Wildman–Crippen LogP) is 4.05. The Kier molecular flexibility index (Phi) is 4.94. The fourth-order valence-corrected chi connectivity index (χ4v) is 2.31. The highest BCUT2D eigenvalue weighted by atomic mass is 16.2. The molecule has 20 heavy (non-hydrogen) atoms. The van der Waals surface area contributed by atoms with Gasteiger partial charge in [-0.25, -0.2) is 0 Å². The van der Waals surface area contributed by atoms with Crippen LogP contribution in [-0.2, 0) is 6.54 Å². The second-order valence-corrected chi connectivity index (χ2v) is 5.03. The molecule has 1 amide bonds. The summed E-state index contributed by atoms with van der Waals surface area (Å²) in [6.45, 7) is 5.53. The lowest BCUT2D eigenvalue weighted by Crippen LogP contribution is -2.31. The average molecular weight is 267 g/mol. The fraction of sp³-hybridized carbons (Fsp3) is 0.278. The quantitative estimate of drug-likeness (QED) is 0.800. The van der Waals surface area contributed by atoms with Crippen LogP contribution in [0.15, 0.2) is 54.6 Å². The van der Waals surface area contributed by atoms with E-state index in [2.05, 4.69) is 19.1 Å². The molecule has 2 nitrogen and oxygen atoms in total. The first-order valence-corrected chi connectivity index (χ1v) is 7.11. The Morgan fingerprint density at radius 1 is 1.00 bits per heavy atom. The summed E-state index contributed by atoms with van der Waals surface area (Å²) in [7, 11) is 0. The number of hydrogen-bond donors (Lipinski definition) is 0. The van der Waals surface area contributed by atoms with E-state index >= 15 is 0 Å². The third-order valence-corrected chi connectivity index (χ3v) is 3.37. The Morgan fingerprint density at radius 2 is 1.65 bits per heavy atom. The Labute approximate surface area is 121 Å². The largest absolute Gasteiger partial charge is 0.334 e. The monoisotopic (exact) mass is 267 g/mol. The Morgan fingerprint density at radius 3 is 2.30 bits per heavy atom. The van der Waals surface area contributed by atoms with Crippen molar-refractivity contribution in [2.24, 2.45) is 0 Å². The molecular formula is C18H21NO. The summed E-state index contributed by atoms with van der Waals surface area (Å²) in [4.78, 5) is 14.6. The van der Waals surface area contributed by atoms with E-state index in [1.165, 1.54) is 5.56 Å². The first-order valence-electron chi connectivity index (χ1n) is 7.11. The third-order valence-electron chi connectivity index (χ3n) is 3.37. The number of carbonyl (C=O) groups is 1. The fourth-order valence-electron chi connectivity index (χ4n) is 2.31. The van der Waals surface area contributed by atoms with Gasteiger partial charge in [0.05, 0.1) is 0 Å². The summed E-state index contributed by atoms with van der Waals surface area (Å²) < 4.78 is 0. The van der Waals surface area contributed by atoms with Crippen molar-refractivity contribution < 1.29 is 4.79 Å². The first kappa shape index (κ1) is 14.3. The van der Waals surface area contributed by atoms with Gasteiger partial charge in [0.2, 0.25) is 0 Å². The van der Waals surface area contributed by atoms with E-state index in [1.807, 2.05) is 54.3 Å². The lowest BCUT2D eigenvalue weighted by molar-refractivity contribution is 0.0742. The van der Waals surface area contributed by atoms with E-state index in [1.54, 1.807) is 0 Å². The molecule has 0 aliphatic carbocycles. The number of carbonyl (C=O) groups excluding carboxylic acids is 1. The minimum absolute atomic E-state index is 0.119. The number of aryl methyl sites for hydroxylation is 1. The molecule has 0 spiro atoms. The summed E-state index contributed by atoms with van der Waals surface area (Å²) in [6.07, 6.45) is 0.963. The Balaban J connectivity index is 2.20. The van der Waals surface area contributed by atoms with Crippen molar-refractivity contribution >= 4 is 5.91 Å². The summed E-state index contributed by atoms with van der Waals surface area (Å²) in [6, 6.07) is 17.9.